The smallest absolute Gasteiger partial charge is 0.303 e. The van der Waals surface area contributed by atoms with Crippen molar-refractivity contribution in [3.8, 4) is 0 Å². The van der Waals surface area contributed by atoms with E-state index in [1.165, 1.54) is 0 Å². The quantitative estimate of drug-likeness (QED) is 0.729. The summed E-state index contributed by atoms with van der Waals surface area (Å²) in [6.45, 7) is 2.65. The molecule has 0 radical (unpaired) electrons. The second-order valence-electron chi connectivity index (χ2n) is 3.67. The van der Waals surface area contributed by atoms with Crippen LogP contribution in [0.4, 0.5) is 0 Å². The summed E-state index contributed by atoms with van der Waals surface area (Å²) in [4.78, 5) is 14.5. The summed E-state index contributed by atoms with van der Waals surface area (Å²) >= 11 is 0. The van der Waals surface area contributed by atoms with Gasteiger partial charge in [0, 0.05) is 31.9 Å². The summed E-state index contributed by atoms with van der Waals surface area (Å²) in [6.07, 6.45) is 4.48. The lowest BCUT2D eigenvalue weighted by atomic mass is 10.2. The van der Waals surface area contributed by atoms with Crippen molar-refractivity contribution in [3.05, 3.63) is 18.2 Å². The van der Waals surface area contributed by atoms with Crippen molar-refractivity contribution in [2.75, 3.05) is 0 Å². The molecule has 5 heteroatoms. The van der Waals surface area contributed by atoms with Crippen LogP contribution < -0.4 is 5.32 Å². The Labute approximate surface area is 89.1 Å². The second-order valence-corrected chi connectivity index (χ2v) is 3.67. The number of hydrogen-bond acceptors (Lipinski definition) is 3. The molecule has 84 valence electrons. The number of aromatic nitrogens is 2. The van der Waals surface area contributed by atoms with Gasteiger partial charge in [0.15, 0.2) is 0 Å². The lowest BCUT2D eigenvalue weighted by Gasteiger charge is -2.12. The number of rotatable bonds is 6. The molecule has 0 aliphatic carbocycles. The highest BCUT2D eigenvalue weighted by Gasteiger charge is 2.06. The molecular weight excluding hydrogens is 194 g/mol. The van der Waals surface area contributed by atoms with Gasteiger partial charge in [0.05, 0.1) is 6.54 Å². The van der Waals surface area contributed by atoms with Gasteiger partial charge in [0.2, 0.25) is 0 Å². The lowest BCUT2D eigenvalue weighted by molar-refractivity contribution is -0.137. The third-order valence-electron chi connectivity index (χ3n) is 2.32. The van der Waals surface area contributed by atoms with Gasteiger partial charge in [-0.3, -0.25) is 4.79 Å². The predicted molar refractivity (Wildman–Crippen MR) is 56.4 cm³/mol. The van der Waals surface area contributed by atoms with E-state index >= 15 is 0 Å². The van der Waals surface area contributed by atoms with E-state index in [4.69, 9.17) is 5.11 Å². The van der Waals surface area contributed by atoms with Crippen molar-refractivity contribution in [1.29, 1.82) is 0 Å². The molecule has 1 aromatic rings. The number of hydrogen-bond donors (Lipinski definition) is 2. The molecule has 0 saturated heterocycles. The SMILES string of the molecule is CC(CCC(=O)O)NCc1nccn1C. The zero-order chi connectivity index (χ0) is 11.3. The Bertz CT molecular complexity index is 322. The number of imidazole rings is 1. The maximum Gasteiger partial charge on any atom is 0.303 e. The number of carboxylic acid groups (broad SMARTS) is 1. The molecule has 0 fully saturated rings. The molecular formula is C10H17N3O2. The van der Waals surface area contributed by atoms with E-state index in [9.17, 15) is 4.79 Å². The van der Waals surface area contributed by atoms with Crippen LogP contribution in [0.1, 0.15) is 25.6 Å². The Kier molecular flexibility index (Phi) is 4.30. The van der Waals surface area contributed by atoms with E-state index in [0.29, 0.717) is 13.0 Å². The zero-order valence-corrected chi connectivity index (χ0v) is 9.10. The summed E-state index contributed by atoms with van der Waals surface area (Å²) in [5.74, 6) is 0.206. The Morgan fingerprint density at radius 2 is 2.47 bits per heavy atom. The largest absolute Gasteiger partial charge is 0.481 e. The van der Waals surface area contributed by atoms with Crippen LogP contribution in [0.5, 0.6) is 0 Å². The third-order valence-corrected chi connectivity index (χ3v) is 2.32. The van der Waals surface area contributed by atoms with E-state index in [2.05, 4.69) is 10.3 Å². The molecule has 0 aromatic carbocycles. The first-order valence-electron chi connectivity index (χ1n) is 5.01. The summed E-state index contributed by atoms with van der Waals surface area (Å²) < 4.78 is 1.94. The van der Waals surface area contributed by atoms with Crippen molar-refractivity contribution < 1.29 is 9.90 Å². The molecule has 0 aliphatic heterocycles. The van der Waals surface area contributed by atoms with Gasteiger partial charge in [-0.25, -0.2) is 4.98 Å². The summed E-state index contributed by atoms with van der Waals surface area (Å²) in [6, 6.07) is 0.192. The average molecular weight is 211 g/mol. The predicted octanol–water partition coefficient (Wildman–Crippen LogP) is 0.763. The lowest BCUT2D eigenvalue weighted by Crippen LogP contribution is -2.27. The van der Waals surface area contributed by atoms with Crippen LogP contribution in [-0.4, -0.2) is 26.7 Å². The van der Waals surface area contributed by atoms with Crippen LogP contribution >= 0.6 is 0 Å². The highest BCUT2D eigenvalue weighted by molar-refractivity contribution is 5.66. The van der Waals surface area contributed by atoms with Crippen LogP contribution in [-0.2, 0) is 18.4 Å². The first-order chi connectivity index (χ1) is 7.09. The topological polar surface area (TPSA) is 67.2 Å². The van der Waals surface area contributed by atoms with Gasteiger partial charge in [-0.15, -0.1) is 0 Å². The van der Waals surface area contributed by atoms with Crippen molar-refractivity contribution >= 4 is 5.97 Å². The standard InChI is InChI=1S/C10H17N3O2/c1-8(3-4-10(14)15)12-7-9-11-5-6-13(9)2/h5-6,8,12H,3-4,7H2,1-2H3,(H,14,15). The summed E-state index contributed by atoms with van der Waals surface area (Å²) in [5.41, 5.74) is 0. The fourth-order valence-corrected chi connectivity index (χ4v) is 1.27. The van der Waals surface area contributed by atoms with Crippen LogP contribution in [0.3, 0.4) is 0 Å². The molecule has 0 spiro atoms. The Morgan fingerprint density at radius 3 is 3.00 bits per heavy atom. The minimum absolute atomic E-state index is 0.192. The molecule has 5 nitrogen and oxygen atoms in total. The van der Waals surface area contributed by atoms with Crippen LogP contribution in [0.15, 0.2) is 12.4 Å². The molecule has 1 heterocycles. The number of carboxylic acids is 1. The number of nitrogens with zero attached hydrogens (tertiary/aromatic N) is 2. The first kappa shape index (κ1) is 11.7. The molecule has 15 heavy (non-hydrogen) atoms. The number of carbonyl (C=O) groups is 1. The second kappa shape index (κ2) is 5.50. The number of aliphatic carboxylic acids is 1. The molecule has 0 amide bonds. The minimum Gasteiger partial charge on any atom is -0.481 e. The Balaban J connectivity index is 2.25. The summed E-state index contributed by atoms with van der Waals surface area (Å²) in [5, 5.41) is 11.7. The van der Waals surface area contributed by atoms with Gasteiger partial charge in [-0.1, -0.05) is 0 Å². The highest BCUT2D eigenvalue weighted by atomic mass is 16.4. The van der Waals surface area contributed by atoms with E-state index in [0.717, 1.165) is 5.82 Å². The van der Waals surface area contributed by atoms with Gasteiger partial charge in [0.1, 0.15) is 5.82 Å². The first-order valence-corrected chi connectivity index (χ1v) is 5.01. The average Bonchev–Trinajstić information content (AvgIpc) is 2.58. The van der Waals surface area contributed by atoms with Gasteiger partial charge >= 0.3 is 5.97 Å². The van der Waals surface area contributed by atoms with Gasteiger partial charge in [0.25, 0.3) is 0 Å². The number of nitrogens with one attached hydrogen (secondary N) is 1. The van der Waals surface area contributed by atoms with E-state index in [1.807, 2.05) is 24.7 Å². The van der Waals surface area contributed by atoms with Crippen molar-refractivity contribution in [1.82, 2.24) is 14.9 Å². The molecule has 1 atom stereocenters. The zero-order valence-electron chi connectivity index (χ0n) is 9.10. The van der Waals surface area contributed by atoms with Crippen LogP contribution in [0.2, 0.25) is 0 Å². The minimum atomic E-state index is -0.749. The maximum atomic E-state index is 10.3. The van der Waals surface area contributed by atoms with Crippen molar-refractivity contribution in [2.24, 2.45) is 7.05 Å². The fraction of sp³-hybridized carbons (Fsp3) is 0.600. The number of aryl methyl sites for hydroxylation is 1. The maximum absolute atomic E-state index is 10.3. The van der Waals surface area contributed by atoms with Crippen molar-refractivity contribution in [2.45, 2.75) is 32.4 Å². The normalized spacial score (nSPS) is 12.7. The van der Waals surface area contributed by atoms with Crippen LogP contribution in [0, 0.1) is 0 Å². The molecule has 0 aliphatic rings. The highest BCUT2D eigenvalue weighted by Crippen LogP contribution is 1.99. The monoisotopic (exact) mass is 211 g/mol. The van der Waals surface area contributed by atoms with Crippen LogP contribution in [0.25, 0.3) is 0 Å². The third kappa shape index (κ3) is 4.12. The van der Waals surface area contributed by atoms with E-state index < -0.39 is 5.97 Å². The molecule has 1 rings (SSSR count). The van der Waals surface area contributed by atoms with E-state index in [1.54, 1.807) is 6.20 Å². The van der Waals surface area contributed by atoms with Gasteiger partial charge in [-0.2, -0.15) is 0 Å². The molecule has 0 bridgehead atoms. The summed E-state index contributed by atoms with van der Waals surface area (Å²) in [7, 11) is 1.94. The molecule has 2 N–H and O–H groups in total. The fourth-order valence-electron chi connectivity index (χ4n) is 1.27. The molecule has 1 unspecified atom stereocenters. The Morgan fingerprint density at radius 1 is 1.73 bits per heavy atom. The van der Waals surface area contributed by atoms with Gasteiger partial charge in [-0.05, 0) is 13.3 Å². The molecule has 0 saturated carbocycles. The van der Waals surface area contributed by atoms with E-state index in [-0.39, 0.29) is 12.5 Å². The van der Waals surface area contributed by atoms with Crippen molar-refractivity contribution in [3.63, 3.8) is 0 Å². The van der Waals surface area contributed by atoms with Gasteiger partial charge < -0.3 is 15.0 Å². The molecule has 1 aromatic heterocycles. The Hall–Kier alpha value is -1.36.